The molecule has 2 N–H and O–H groups in total. The first-order valence-electron chi connectivity index (χ1n) is 6.48. The molecule has 1 aliphatic carbocycles. The highest BCUT2D eigenvalue weighted by Crippen LogP contribution is 2.42. The fourth-order valence-corrected chi connectivity index (χ4v) is 3.10. The van der Waals surface area contributed by atoms with Gasteiger partial charge in [-0.15, -0.1) is 0 Å². The minimum absolute atomic E-state index is 0.0187. The number of rotatable bonds is 6. The lowest BCUT2D eigenvalue weighted by molar-refractivity contribution is -0.140. The van der Waals surface area contributed by atoms with Crippen LogP contribution < -0.4 is 5.32 Å². The first-order valence-corrected chi connectivity index (χ1v) is 6.48. The monoisotopic (exact) mass is 227 g/mol. The Morgan fingerprint density at radius 1 is 1.44 bits per heavy atom. The Balaban J connectivity index is 2.51. The number of carbonyl (C=O) groups is 1. The van der Waals surface area contributed by atoms with Gasteiger partial charge in [-0.25, -0.2) is 0 Å². The predicted molar refractivity (Wildman–Crippen MR) is 65.5 cm³/mol. The molecule has 0 aromatic rings. The molecule has 0 atom stereocenters. The third-order valence-electron chi connectivity index (χ3n) is 3.94. The molecule has 0 saturated heterocycles. The molecule has 0 radical (unpaired) electrons. The highest BCUT2D eigenvalue weighted by molar-refractivity contribution is 5.67. The number of hydrogen-bond donors (Lipinski definition) is 2. The predicted octanol–water partition coefficient (Wildman–Crippen LogP) is 2.66. The average Bonchev–Trinajstić information content (AvgIpc) is 2.21. The van der Waals surface area contributed by atoms with Gasteiger partial charge in [0.15, 0.2) is 0 Å². The molecule has 3 nitrogen and oxygen atoms in total. The molecule has 0 amide bonds. The fraction of sp³-hybridized carbons (Fsp3) is 0.923. The third-order valence-corrected chi connectivity index (χ3v) is 3.94. The molecule has 0 aromatic heterocycles. The SMILES string of the molecule is CCCC1CCC(CNC)(CC(=O)O)CC1. The van der Waals surface area contributed by atoms with Crippen molar-refractivity contribution in [1.82, 2.24) is 5.32 Å². The Labute approximate surface area is 98.6 Å². The lowest BCUT2D eigenvalue weighted by Gasteiger charge is -2.39. The summed E-state index contributed by atoms with van der Waals surface area (Å²) in [4.78, 5) is 10.9. The van der Waals surface area contributed by atoms with Crippen LogP contribution in [0.1, 0.15) is 51.9 Å². The standard InChI is InChI=1S/C13H25NO2/c1-3-4-11-5-7-13(8-6-11,10-14-2)9-12(15)16/h11,14H,3-10H2,1-2H3,(H,15,16). The van der Waals surface area contributed by atoms with Gasteiger partial charge in [-0.05, 0) is 44.1 Å². The Kier molecular flexibility index (Phi) is 5.26. The molecule has 1 fully saturated rings. The Bertz CT molecular complexity index is 220. The molecule has 94 valence electrons. The zero-order valence-electron chi connectivity index (χ0n) is 10.6. The molecular formula is C13H25NO2. The van der Waals surface area contributed by atoms with Crippen LogP contribution in [0.3, 0.4) is 0 Å². The number of aliphatic carboxylic acids is 1. The summed E-state index contributed by atoms with van der Waals surface area (Å²) in [6.07, 6.45) is 7.46. The molecule has 0 spiro atoms. The van der Waals surface area contributed by atoms with Crippen molar-refractivity contribution in [1.29, 1.82) is 0 Å². The maximum absolute atomic E-state index is 10.9. The summed E-state index contributed by atoms with van der Waals surface area (Å²) in [5.74, 6) is 0.188. The Hall–Kier alpha value is -0.570. The largest absolute Gasteiger partial charge is 0.481 e. The van der Waals surface area contributed by atoms with Crippen LogP contribution in [0.5, 0.6) is 0 Å². The van der Waals surface area contributed by atoms with E-state index in [1.54, 1.807) is 0 Å². The summed E-state index contributed by atoms with van der Waals surface area (Å²) < 4.78 is 0. The molecule has 0 bridgehead atoms. The number of nitrogens with one attached hydrogen (secondary N) is 1. The van der Waals surface area contributed by atoms with Gasteiger partial charge in [0.2, 0.25) is 0 Å². The van der Waals surface area contributed by atoms with Gasteiger partial charge in [0.1, 0.15) is 0 Å². The average molecular weight is 227 g/mol. The van der Waals surface area contributed by atoms with Crippen LogP contribution in [0.2, 0.25) is 0 Å². The van der Waals surface area contributed by atoms with E-state index in [-0.39, 0.29) is 5.41 Å². The maximum Gasteiger partial charge on any atom is 0.303 e. The van der Waals surface area contributed by atoms with E-state index >= 15 is 0 Å². The van der Waals surface area contributed by atoms with Gasteiger partial charge in [0.05, 0.1) is 6.42 Å². The molecule has 0 aliphatic heterocycles. The zero-order valence-corrected chi connectivity index (χ0v) is 10.6. The van der Waals surface area contributed by atoms with Crippen LogP contribution in [0, 0.1) is 11.3 Å². The molecule has 0 aromatic carbocycles. The second-order valence-corrected chi connectivity index (χ2v) is 5.33. The summed E-state index contributed by atoms with van der Waals surface area (Å²) >= 11 is 0. The van der Waals surface area contributed by atoms with Crippen molar-refractivity contribution in [2.45, 2.75) is 51.9 Å². The van der Waals surface area contributed by atoms with Gasteiger partial charge in [-0.2, -0.15) is 0 Å². The van der Waals surface area contributed by atoms with Crippen molar-refractivity contribution in [2.24, 2.45) is 11.3 Å². The van der Waals surface area contributed by atoms with Gasteiger partial charge in [-0.3, -0.25) is 4.79 Å². The molecule has 1 rings (SSSR count). The van der Waals surface area contributed by atoms with Gasteiger partial charge < -0.3 is 10.4 Å². The number of carboxylic acid groups (broad SMARTS) is 1. The van der Waals surface area contributed by atoms with E-state index in [4.69, 9.17) is 5.11 Å². The van der Waals surface area contributed by atoms with E-state index in [0.717, 1.165) is 25.3 Å². The van der Waals surface area contributed by atoms with E-state index < -0.39 is 5.97 Å². The lowest BCUT2D eigenvalue weighted by Crippen LogP contribution is -2.38. The smallest absolute Gasteiger partial charge is 0.303 e. The van der Waals surface area contributed by atoms with E-state index in [9.17, 15) is 4.79 Å². The van der Waals surface area contributed by atoms with Crippen LogP contribution in [-0.2, 0) is 4.79 Å². The highest BCUT2D eigenvalue weighted by Gasteiger charge is 2.36. The van der Waals surface area contributed by atoms with E-state index in [2.05, 4.69) is 12.2 Å². The summed E-state index contributed by atoms with van der Waals surface area (Å²) in [5, 5.41) is 12.2. The summed E-state index contributed by atoms with van der Waals surface area (Å²) in [6, 6.07) is 0. The van der Waals surface area contributed by atoms with Crippen molar-refractivity contribution in [3.63, 3.8) is 0 Å². The molecule has 0 heterocycles. The van der Waals surface area contributed by atoms with E-state index in [1.807, 2.05) is 7.05 Å². The van der Waals surface area contributed by atoms with Gasteiger partial charge >= 0.3 is 5.97 Å². The molecule has 3 heteroatoms. The van der Waals surface area contributed by atoms with Crippen LogP contribution in [-0.4, -0.2) is 24.7 Å². The summed E-state index contributed by atoms with van der Waals surface area (Å²) in [6.45, 7) is 3.07. The minimum atomic E-state index is -0.649. The minimum Gasteiger partial charge on any atom is -0.481 e. The van der Waals surface area contributed by atoms with Crippen molar-refractivity contribution >= 4 is 5.97 Å². The quantitative estimate of drug-likeness (QED) is 0.733. The van der Waals surface area contributed by atoms with Crippen molar-refractivity contribution < 1.29 is 9.90 Å². The molecule has 1 aliphatic rings. The second-order valence-electron chi connectivity index (χ2n) is 5.33. The summed E-state index contributed by atoms with van der Waals surface area (Å²) in [5.41, 5.74) is 0.0187. The first kappa shape index (κ1) is 13.5. The Morgan fingerprint density at radius 2 is 2.06 bits per heavy atom. The van der Waals surface area contributed by atoms with Gasteiger partial charge in [0.25, 0.3) is 0 Å². The second kappa shape index (κ2) is 6.24. The molecule has 0 unspecified atom stereocenters. The van der Waals surface area contributed by atoms with Crippen molar-refractivity contribution in [2.75, 3.05) is 13.6 Å². The first-order chi connectivity index (χ1) is 7.62. The van der Waals surface area contributed by atoms with Crippen LogP contribution in [0.15, 0.2) is 0 Å². The fourth-order valence-electron chi connectivity index (χ4n) is 3.10. The number of carboxylic acids is 1. The van der Waals surface area contributed by atoms with Crippen LogP contribution >= 0.6 is 0 Å². The van der Waals surface area contributed by atoms with E-state index in [0.29, 0.717) is 6.42 Å². The van der Waals surface area contributed by atoms with Crippen molar-refractivity contribution in [3.05, 3.63) is 0 Å². The molecular weight excluding hydrogens is 202 g/mol. The van der Waals surface area contributed by atoms with Gasteiger partial charge in [-0.1, -0.05) is 19.8 Å². The summed E-state index contributed by atoms with van der Waals surface area (Å²) in [7, 11) is 1.92. The molecule has 16 heavy (non-hydrogen) atoms. The highest BCUT2D eigenvalue weighted by atomic mass is 16.4. The zero-order chi connectivity index (χ0) is 12.0. The third kappa shape index (κ3) is 3.78. The lowest BCUT2D eigenvalue weighted by atomic mass is 9.68. The number of hydrogen-bond acceptors (Lipinski definition) is 2. The Morgan fingerprint density at radius 3 is 2.50 bits per heavy atom. The normalized spacial score (nSPS) is 30.2. The van der Waals surface area contributed by atoms with E-state index in [1.165, 1.54) is 25.7 Å². The van der Waals surface area contributed by atoms with Crippen molar-refractivity contribution in [3.8, 4) is 0 Å². The molecule has 1 saturated carbocycles. The topological polar surface area (TPSA) is 49.3 Å². The van der Waals surface area contributed by atoms with Gasteiger partial charge in [0, 0.05) is 6.54 Å². The van der Waals surface area contributed by atoms with Crippen LogP contribution in [0.25, 0.3) is 0 Å². The maximum atomic E-state index is 10.9. The van der Waals surface area contributed by atoms with Crippen LogP contribution in [0.4, 0.5) is 0 Å².